The summed E-state index contributed by atoms with van der Waals surface area (Å²) in [6, 6.07) is 1.84. The van der Waals surface area contributed by atoms with Gasteiger partial charge in [-0.1, -0.05) is 25.9 Å². The van der Waals surface area contributed by atoms with Gasteiger partial charge in [0.1, 0.15) is 17.5 Å². The first kappa shape index (κ1) is 24.8. The maximum atomic E-state index is 14.9. The van der Waals surface area contributed by atoms with Crippen molar-refractivity contribution in [3.63, 3.8) is 0 Å². The number of amides is 4. The molecule has 0 aliphatic carbocycles. The van der Waals surface area contributed by atoms with Crippen molar-refractivity contribution >= 4 is 41.1 Å². The lowest BCUT2D eigenvalue weighted by Gasteiger charge is -2.35. The Bertz CT molecular complexity index is 1320. The van der Waals surface area contributed by atoms with Gasteiger partial charge >= 0.3 is 12.1 Å². The van der Waals surface area contributed by atoms with Crippen molar-refractivity contribution in [1.29, 1.82) is 0 Å². The Balaban J connectivity index is 1.59. The second-order valence-electron chi connectivity index (χ2n) is 9.09. The van der Waals surface area contributed by atoms with Crippen molar-refractivity contribution in [3.8, 4) is 0 Å². The number of aromatic nitrogens is 3. The highest BCUT2D eigenvalue weighted by molar-refractivity contribution is 6.06. The van der Waals surface area contributed by atoms with E-state index in [-0.39, 0.29) is 35.8 Å². The molecular formula is C23H26F2N8O3. The molecule has 4 rings (SSSR count). The number of anilines is 5. The van der Waals surface area contributed by atoms with E-state index in [1.807, 2.05) is 20.8 Å². The van der Waals surface area contributed by atoms with E-state index in [0.717, 1.165) is 11.0 Å². The van der Waals surface area contributed by atoms with Crippen LogP contribution >= 0.6 is 0 Å². The van der Waals surface area contributed by atoms with Crippen molar-refractivity contribution < 1.29 is 22.9 Å². The van der Waals surface area contributed by atoms with Crippen molar-refractivity contribution in [1.82, 2.24) is 15.1 Å². The Hall–Kier alpha value is -4.29. The van der Waals surface area contributed by atoms with Crippen molar-refractivity contribution in [2.75, 3.05) is 39.3 Å². The monoisotopic (exact) mass is 500 g/mol. The number of nitrogens with zero attached hydrogens (tertiary/aromatic N) is 5. The quantitative estimate of drug-likeness (QED) is 0.463. The number of carbonyl (C=O) groups excluding carboxylic acids is 2. The SMILES string of the molecule is CCN1C(=O)N(c2cc(NC(=O)Nc3cc(C(C)(C)C)no3)c(F)cc2F)Cc2cnc(NC)nc21. The van der Waals surface area contributed by atoms with Gasteiger partial charge in [-0.15, -0.1) is 0 Å². The maximum Gasteiger partial charge on any atom is 0.330 e. The molecule has 2 aromatic heterocycles. The second-order valence-corrected chi connectivity index (χ2v) is 9.09. The third-order valence-electron chi connectivity index (χ3n) is 5.52. The van der Waals surface area contributed by atoms with Gasteiger partial charge in [-0.25, -0.2) is 23.4 Å². The average molecular weight is 501 g/mol. The lowest BCUT2D eigenvalue weighted by molar-refractivity contribution is 0.250. The molecule has 13 heteroatoms. The summed E-state index contributed by atoms with van der Waals surface area (Å²) in [7, 11) is 1.65. The number of rotatable bonds is 5. The molecule has 0 atom stereocenters. The summed E-state index contributed by atoms with van der Waals surface area (Å²) in [6.45, 7) is 7.74. The van der Waals surface area contributed by atoms with E-state index in [0.29, 0.717) is 29.1 Å². The van der Waals surface area contributed by atoms with Crippen molar-refractivity contribution in [2.45, 2.75) is 39.7 Å². The lowest BCUT2D eigenvalue weighted by atomic mass is 9.92. The number of urea groups is 2. The van der Waals surface area contributed by atoms with Crippen LogP contribution in [0.1, 0.15) is 39.0 Å². The van der Waals surface area contributed by atoms with Gasteiger partial charge < -0.3 is 15.2 Å². The Kier molecular flexibility index (Phi) is 6.48. The Morgan fingerprint density at radius 2 is 1.92 bits per heavy atom. The van der Waals surface area contributed by atoms with Crippen molar-refractivity contribution in [2.24, 2.45) is 0 Å². The van der Waals surface area contributed by atoms with E-state index in [9.17, 15) is 18.4 Å². The molecular weight excluding hydrogens is 474 g/mol. The van der Waals surface area contributed by atoms with E-state index in [2.05, 4.69) is 31.1 Å². The van der Waals surface area contributed by atoms with E-state index in [1.165, 1.54) is 11.1 Å². The third kappa shape index (κ3) is 4.76. The van der Waals surface area contributed by atoms with Crippen LogP contribution in [0.15, 0.2) is 28.9 Å². The fourth-order valence-electron chi connectivity index (χ4n) is 3.60. The molecule has 0 fully saturated rings. The predicted octanol–water partition coefficient (Wildman–Crippen LogP) is 4.69. The van der Waals surface area contributed by atoms with Gasteiger partial charge in [0.25, 0.3) is 0 Å². The van der Waals surface area contributed by atoms with Crippen LogP contribution in [0, 0.1) is 11.6 Å². The summed E-state index contributed by atoms with van der Waals surface area (Å²) in [5.41, 5.74) is 0.342. The summed E-state index contributed by atoms with van der Waals surface area (Å²) in [5.74, 6) is -1.19. The van der Waals surface area contributed by atoms with Crippen LogP contribution in [0.4, 0.5) is 47.4 Å². The summed E-state index contributed by atoms with van der Waals surface area (Å²) in [5, 5.41) is 11.5. The first-order valence-corrected chi connectivity index (χ1v) is 11.2. The molecule has 0 radical (unpaired) electrons. The number of halogens is 2. The molecule has 1 aromatic carbocycles. The standard InChI is InChI=1S/C23H26F2N8O3/c1-6-32-19-12(10-27-20(26-5)30-19)11-33(22(32)35)16-8-15(13(24)7-14(16)25)28-21(34)29-18-9-17(31-36-18)23(2,3)4/h7-10H,6,11H2,1-5H3,(H,26,27,30)(H2,28,29,34). The predicted molar refractivity (Wildman–Crippen MR) is 130 cm³/mol. The van der Waals surface area contributed by atoms with Gasteiger partial charge in [-0.3, -0.25) is 15.1 Å². The van der Waals surface area contributed by atoms with E-state index < -0.39 is 23.7 Å². The Morgan fingerprint density at radius 3 is 2.56 bits per heavy atom. The second kappa shape index (κ2) is 9.40. The van der Waals surface area contributed by atoms with Gasteiger partial charge in [0.2, 0.25) is 11.8 Å². The molecule has 0 saturated heterocycles. The molecule has 3 heterocycles. The molecule has 4 amide bonds. The molecule has 0 spiro atoms. The van der Waals surface area contributed by atoms with Gasteiger partial charge in [-0.2, -0.15) is 4.98 Å². The molecule has 11 nitrogen and oxygen atoms in total. The van der Waals surface area contributed by atoms with Crippen LogP contribution in [-0.4, -0.2) is 40.8 Å². The Morgan fingerprint density at radius 1 is 1.17 bits per heavy atom. The summed E-state index contributed by atoms with van der Waals surface area (Å²) in [4.78, 5) is 36.7. The van der Waals surface area contributed by atoms with Gasteiger partial charge in [0.15, 0.2) is 0 Å². The zero-order valence-corrected chi connectivity index (χ0v) is 20.4. The number of hydrogen-bond acceptors (Lipinski definition) is 7. The minimum Gasteiger partial charge on any atom is -0.357 e. The first-order valence-electron chi connectivity index (χ1n) is 11.2. The Labute approximate surface area is 205 Å². The molecule has 0 saturated carbocycles. The molecule has 3 N–H and O–H groups in total. The normalized spacial score (nSPS) is 13.5. The highest BCUT2D eigenvalue weighted by Gasteiger charge is 2.34. The van der Waals surface area contributed by atoms with Crippen LogP contribution in [0.25, 0.3) is 0 Å². The topological polar surface area (TPSA) is 129 Å². The minimum absolute atomic E-state index is 0.0451. The van der Waals surface area contributed by atoms with Gasteiger partial charge in [-0.05, 0) is 13.0 Å². The molecule has 0 unspecified atom stereocenters. The molecule has 1 aliphatic heterocycles. The summed E-state index contributed by atoms with van der Waals surface area (Å²) >= 11 is 0. The zero-order chi connectivity index (χ0) is 26.2. The number of carbonyl (C=O) groups is 2. The zero-order valence-electron chi connectivity index (χ0n) is 20.4. The third-order valence-corrected chi connectivity index (χ3v) is 5.52. The minimum atomic E-state index is -1.02. The van der Waals surface area contributed by atoms with Gasteiger partial charge in [0.05, 0.1) is 23.6 Å². The van der Waals surface area contributed by atoms with Gasteiger partial charge in [0, 0.05) is 42.9 Å². The van der Waals surface area contributed by atoms with E-state index in [1.54, 1.807) is 20.0 Å². The molecule has 190 valence electrons. The molecule has 3 aromatic rings. The lowest BCUT2D eigenvalue weighted by Crippen LogP contribution is -2.48. The number of fused-ring (bicyclic) bond motifs is 1. The molecule has 36 heavy (non-hydrogen) atoms. The number of benzene rings is 1. The van der Waals surface area contributed by atoms with Crippen LogP contribution in [-0.2, 0) is 12.0 Å². The summed E-state index contributed by atoms with van der Waals surface area (Å²) in [6.07, 6.45) is 1.54. The van der Waals surface area contributed by atoms with Crippen LogP contribution in [0.5, 0.6) is 0 Å². The first-order chi connectivity index (χ1) is 17.0. The van der Waals surface area contributed by atoms with E-state index >= 15 is 0 Å². The molecule has 0 bridgehead atoms. The highest BCUT2D eigenvalue weighted by atomic mass is 19.1. The van der Waals surface area contributed by atoms with Crippen LogP contribution in [0.2, 0.25) is 0 Å². The highest BCUT2D eigenvalue weighted by Crippen LogP contribution is 2.34. The van der Waals surface area contributed by atoms with Crippen molar-refractivity contribution in [3.05, 3.63) is 47.3 Å². The average Bonchev–Trinajstić information content (AvgIpc) is 3.29. The smallest absolute Gasteiger partial charge is 0.330 e. The fraction of sp³-hybridized carbons (Fsp3) is 0.348. The largest absolute Gasteiger partial charge is 0.357 e. The molecule has 1 aliphatic rings. The summed E-state index contributed by atoms with van der Waals surface area (Å²) < 4.78 is 34.5. The van der Waals surface area contributed by atoms with Crippen LogP contribution < -0.4 is 25.8 Å². The number of nitrogens with one attached hydrogen (secondary N) is 3. The maximum absolute atomic E-state index is 14.9. The number of hydrogen-bond donors (Lipinski definition) is 3. The fourth-order valence-corrected chi connectivity index (χ4v) is 3.60. The van der Waals surface area contributed by atoms with E-state index in [4.69, 9.17) is 4.52 Å². The van der Waals surface area contributed by atoms with Crippen LogP contribution in [0.3, 0.4) is 0 Å².